The predicted molar refractivity (Wildman–Crippen MR) is 240 cm³/mol. The summed E-state index contributed by atoms with van der Waals surface area (Å²) in [7, 11) is 0. The Morgan fingerprint density at radius 1 is 0.281 bits per heavy atom. The molecule has 12 aromatic rings. The van der Waals surface area contributed by atoms with Crippen LogP contribution < -0.4 is 0 Å². The SMILES string of the molecule is [2H]c1c([2H])c([2H])c2c(c1[2H])c1c([2H])c(-n3c4c([2H])c([2H])c([2H])c([2H])c4c4c([2H])c(-c5c([2H])c([2H])c6c7c([2H])c([2H])c([2H])c([2H])c7n(-c7cccc(-c8ccccc8)c7)c6c5[2H])c([2H])c([2H])c43)c([2H])c([2H])c1n2-c1ccccc1. The van der Waals surface area contributed by atoms with Gasteiger partial charge in [-0.3, -0.25) is 0 Å². The predicted octanol–water partition coefficient (Wildman–Crippen LogP) is 14.3. The minimum Gasteiger partial charge on any atom is -0.309 e. The monoisotopic (exact) mass is 746 g/mol. The van der Waals surface area contributed by atoms with Crippen molar-refractivity contribution >= 4 is 65.4 Å². The van der Waals surface area contributed by atoms with Gasteiger partial charge in [0.2, 0.25) is 0 Å². The molecule has 57 heavy (non-hydrogen) atoms. The van der Waals surface area contributed by atoms with Gasteiger partial charge in [-0.2, -0.15) is 0 Å². The van der Waals surface area contributed by atoms with Crippen LogP contribution in [0.4, 0.5) is 0 Å². The second-order valence-electron chi connectivity index (χ2n) is 13.3. The van der Waals surface area contributed by atoms with Gasteiger partial charge in [0.15, 0.2) is 0 Å². The molecule has 9 aromatic carbocycles. The summed E-state index contributed by atoms with van der Waals surface area (Å²) in [6, 6.07) is 9.65. The second kappa shape index (κ2) is 12.5. The van der Waals surface area contributed by atoms with Gasteiger partial charge in [0.25, 0.3) is 0 Å². The van der Waals surface area contributed by atoms with E-state index in [9.17, 15) is 16.4 Å². The maximum absolute atomic E-state index is 10.1. The van der Waals surface area contributed by atoms with E-state index in [2.05, 4.69) is 0 Å². The van der Waals surface area contributed by atoms with Crippen molar-refractivity contribution < 1.29 is 28.8 Å². The van der Waals surface area contributed by atoms with Gasteiger partial charge < -0.3 is 13.7 Å². The first-order valence-corrected chi connectivity index (χ1v) is 17.9. The molecule has 0 aliphatic rings. The molecule has 0 bridgehead atoms. The van der Waals surface area contributed by atoms with Crippen LogP contribution in [-0.4, -0.2) is 13.7 Å². The summed E-state index contributed by atoms with van der Waals surface area (Å²) >= 11 is 0. The summed E-state index contributed by atoms with van der Waals surface area (Å²) in [6.45, 7) is 0. The molecule has 3 nitrogen and oxygen atoms in total. The standard InChI is InChI=1S/C54H35N3/c1-3-14-36(15-4-1)37-16-13-19-41(32-37)57-49-23-10-7-20-43(49)46-29-26-39(34-54(46)57)38-27-30-52-47(33-38)44-21-8-12-25-51(44)56(52)42-28-31-53-48(35-42)45-22-9-11-24-50(45)55(53)40-17-5-2-6-18-40/h1-35H/i7D,8D,9D,10D,11D,12D,20D,21D,22D,23D,24D,25D,26D,27D,28D,29D,30D,31D,33D,34D,35D. The highest BCUT2D eigenvalue weighted by Gasteiger charge is 2.18. The Morgan fingerprint density at radius 3 is 1.46 bits per heavy atom. The molecule has 3 heterocycles. The topological polar surface area (TPSA) is 14.8 Å². The van der Waals surface area contributed by atoms with Gasteiger partial charge in [0.05, 0.1) is 61.9 Å². The largest absolute Gasteiger partial charge is 0.309 e. The van der Waals surface area contributed by atoms with Gasteiger partial charge in [-0.15, -0.1) is 0 Å². The van der Waals surface area contributed by atoms with Gasteiger partial charge >= 0.3 is 0 Å². The molecule has 0 aliphatic heterocycles. The maximum atomic E-state index is 10.1. The zero-order chi connectivity index (χ0) is 55.7. The van der Waals surface area contributed by atoms with Crippen LogP contribution in [0, 0.1) is 0 Å². The zero-order valence-electron chi connectivity index (χ0n) is 50.4. The minimum atomic E-state index is -0.870. The Bertz CT molecular complexity index is 4740. The quantitative estimate of drug-likeness (QED) is 0.167. The summed E-state index contributed by atoms with van der Waals surface area (Å²) in [6.07, 6.45) is 0. The minimum absolute atomic E-state index is 0.137. The number of para-hydroxylation sites is 4. The first-order chi connectivity index (χ1) is 37.1. The Hall–Kier alpha value is -7.62. The fourth-order valence-corrected chi connectivity index (χ4v) is 7.66. The molecular weight excluding hydrogens is 691 g/mol. The molecule has 12 rings (SSSR count). The first kappa shape index (κ1) is 17.5. The van der Waals surface area contributed by atoms with Crippen LogP contribution in [0.1, 0.15) is 28.8 Å². The molecule has 0 N–H and O–H groups in total. The Morgan fingerprint density at radius 2 is 0.754 bits per heavy atom. The van der Waals surface area contributed by atoms with E-state index in [1.54, 1.807) is 48.5 Å². The fourth-order valence-electron chi connectivity index (χ4n) is 7.66. The lowest BCUT2D eigenvalue weighted by atomic mass is 10.0. The van der Waals surface area contributed by atoms with Crippen LogP contribution in [0.5, 0.6) is 0 Å². The van der Waals surface area contributed by atoms with E-state index in [1.165, 1.54) is 9.13 Å². The van der Waals surface area contributed by atoms with E-state index in [1.807, 2.05) is 36.4 Å². The molecule has 266 valence electrons. The molecule has 3 heteroatoms. The summed E-state index contributed by atoms with van der Waals surface area (Å²) in [5.41, 5.74) is -1.45. The molecule has 0 radical (unpaired) electrons. The first-order valence-electron chi connectivity index (χ1n) is 28.4. The number of hydrogen-bond donors (Lipinski definition) is 0. The van der Waals surface area contributed by atoms with Crippen molar-refractivity contribution in [2.24, 2.45) is 0 Å². The van der Waals surface area contributed by atoms with Gasteiger partial charge in [0.1, 0.15) is 0 Å². The van der Waals surface area contributed by atoms with Crippen molar-refractivity contribution in [3.63, 3.8) is 0 Å². The summed E-state index contributed by atoms with van der Waals surface area (Å²) in [5.74, 6) is 0. The molecule has 0 unspecified atom stereocenters. The Labute approximate surface area is 359 Å². The van der Waals surface area contributed by atoms with Crippen LogP contribution in [0.2, 0.25) is 0 Å². The Kier molecular flexibility index (Phi) is 3.81. The molecule has 3 aromatic heterocycles. The van der Waals surface area contributed by atoms with E-state index in [-0.39, 0.29) is 49.3 Å². The third-order valence-electron chi connectivity index (χ3n) is 10.2. The zero-order valence-corrected chi connectivity index (χ0v) is 29.4. The van der Waals surface area contributed by atoms with E-state index in [4.69, 9.17) is 12.3 Å². The normalized spacial score (nSPS) is 17.0. The van der Waals surface area contributed by atoms with Gasteiger partial charge in [-0.25, -0.2) is 0 Å². The van der Waals surface area contributed by atoms with Crippen molar-refractivity contribution in [2.45, 2.75) is 0 Å². The molecule has 0 atom stereocenters. The lowest BCUT2D eigenvalue weighted by molar-refractivity contribution is 1.17. The lowest BCUT2D eigenvalue weighted by Crippen LogP contribution is -1.95. The number of aromatic nitrogens is 3. The number of benzene rings is 9. The highest BCUT2D eigenvalue weighted by atomic mass is 15.0. The van der Waals surface area contributed by atoms with E-state index in [0.717, 1.165) is 10.1 Å². The van der Waals surface area contributed by atoms with E-state index >= 15 is 0 Å². The molecular formula is C54H35N3. The highest BCUT2D eigenvalue weighted by molar-refractivity contribution is 6.14. The molecule has 0 saturated carbocycles. The number of nitrogens with zero attached hydrogens (tertiary/aromatic N) is 3. The van der Waals surface area contributed by atoms with Crippen molar-refractivity contribution in [1.82, 2.24) is 13.7 Å². The second-order valence-corrected chi connectivity index (χ2v) is 13.3. The molecule has 0 saturated heterocycles. The van der Waals surface area contributed by atoms with Crippen LogP contribution in [0.25, 0.3) is 105 Å². The van der Waals surface area contributed by atoms with E-state index in [0.29, 0.717) is 11.3 Å². The van der Waals surface area contributed by atoms with E-state index < -0.39 is 166 Å². The van der Waals surface area contributed by atoms with Gasteiger partial charge in [0, 0.05) is 49.4 Å². The number of rotatable bonds is 5. The molecule has 0 amide bonds. The molecule has 0 aliphatic carbocycles. The average Bonchev–Trinajstić information content (AvgIpc) is 4.30. The Balaban J connectivity index is 1.25. The van der Waals surface area contributed by atoms with Crippen LogP contribution in [0.15, 0.2) is 212 Å². The number of fused-ring (bicyclic) bond motifs is 9. The smallest absolute Gasteiger partial charge is 0.0652 e. The van der Waals surface area contributed by atoms with Crippen LogP contribution >= 0.6 is 0 Å². The van der Waals surface area contributed by atoms with Gasteiger partial charge in [-0.1, -0.05) is 133 Å². The number of hydrogen-bond acceptors (Lipinski definition) is 0. The van der Waals surface area contributed by atoms with Gasteiger partial charge in [-0.05, 0) is 101 Å². The van der Waals surface area contributed by atoms with Crippen LogP contribution in [-0.2, 0) is 0 Å². The average molecular weight is 747 g/mol. The van der Waals surface area contributed by atoms with Crippen molar-refractivity contribution in [1.29, 1.82) is 0 Å². The molecule has 0 fully saturated rings. The maximum Gasteiger partial charge on any atom is 0.0652 e. The lowest BCUT2D eigenvalue weighted by Gasteiger charge is -2.12. The van der Waals surface area contributed by atoms with Crippen molar-refractivity contribution in [2.75, 3.05) is 0 Å². The fraction of sp³-hybridized carbons (Fsp3) is 0. The summed E-state index contributed by atoms with van der Waals surface area (Å²) in [4.78, 5) is 0. The highest BCUT2D eigenvalue weighted by Crippen LogP contribution is 2.40. The van der Waals surface area contributed by atoms with Crippen molar-refractivity contribution in [3.05, 3.63) is 212 Å². The van der Waals surface area contributed by atoms with Crippen molar-refractivity contribution in [3.8, 4) is 39.3 Å². The molecule has 0 spiro atoms. The summed E-state index contributed by atoms with van der Waals surface area (Å²) < 4.78 is 199. The third kappa shape index (κ3) is 4.86. The third-order valence-corrected chi connectivity index (χ3v) is 10.2. The summed E-state index contributed by atoms with van der Waals surface area (Å²) in [5, 5.41) is -1.79. The van der Waals surface area contributed by atoms with Crippen LogP contribution in [0.3, 0.4) is 0 Å².